The van der Waals surface area contributed by atoms with E-state index in [-0.39, 0.29) is 5.91 Å². The Morgan fingerprint density at radius 3 is 2.48 bits per heavy atom. The van der Waals surface area contributed by atoms with E-state index in [1.54, 1.807) is 0 Å². The van der Waals surface area contributed by atoms with Crippen LogP contribution in [-0.4, -0.2) is 31.7 Å². The van der Waals surface area contributed by atoms with Gasteiger partial charge in [-0.25, -0.2) is 0 Å². The highest BCUT2D eigenvalue weighted by molar-refractivity contribution is 6.35. The van der Waals surface area contributed by atoms with E-state index in [9.17, 15) is 4.79 Å². The van der Waals surface area contributed by atoms with Gasteiger partial charge in [0.25, 0.3) is 5.91 Å². The molecule has 0 atom stereocenters. The Morgan fingerprint density at radius 2 is 1.72 bits per heavy atom. The smallest absolute Gasteiger partial charge is 0.253 e. The van der Waals surface area contributed by atoms with E-state index in [0.29, 0.717) is 12.5 Å². The summed E-state index contributed by atoms with van der Waals surface area (Å²) in [5.74, 6) is 0.637. The largest absolute Gasteiger partial charge is 0.339 e. The van der Waals surface area contributed by atoms with Crippen LogP contribution in [-0.2, 0) is 6.54 Å². The lowest BCUT2D eigenvalue weighted by Gasteiger charge is -2.32. The van der Waals surface area contributed by atoms with Crippen LogP contribution >= 0.6 is 0 Å². The topological polar surface area (TPSA) is 46.3 Å². The van der Waals surface area contributed by atoms with E-state index in [0.717, 1.165) is 37.1 Å². The second-order valence-electron chi connectivity index (χ2n) is 7.91. The molecule has 0 bridgehead atoms. The number of nitrogens with zero attached hydrogens (tertiary/aromatic N) is 1. The van der Waals surface area contributed by atoms with Crippen LogP contribution in [0.1, 0.15) is 40.2 Å². The number of amides is 1. The summed E-state index contributed by atoms with van der Waals surface area (Å²) in [4.78, 5) is 15.1. The van der Waals surface area contributed by atoms with Crippen molar-refractivity contribution in [3.8, 4) is 11.1 Å². The first-order chi connectivity index (χ1) is 14.2. The highest BCUT2D eigenvalue weighted by Gasteiger charge is 2.25. The fourth-order valence-corrected chi connectivity index (χ4v) is 4.29. The van der Waals surface area contributed by atoms with Gasteiger partial charge in [-0.15, -0.1) is 0 Å². The Balaban J connectivity index is 1.46. The van der Waals surface area contributed by atoms with Gasteiger partial charge in [0.15, 0.2) is 0 Å². The molecule has 4 heteroatoms. The van der Waals surface area contributed by atoms with E-state index in [4.69, 9.17) is 5.73 Å². The van der Waals surface area contributed by atoms with E-state index >= 15 is 0 Å². The molecule has 0 radical (unpaired) electrons. The summed E-state index contributed by atoms with van der Waals surface area (Å²) in [6.07, 6.45) is 1.99. The molecule has 0 saturated carbocycles. The third-order valence-electron chi connectivity index (χ3n) is 6.01. The number of likely N-dealkylation sites (tertiary alicyclic amines) is 1. The van der Waals surface area contributed by atoms with Crippen molar-refractivity contribution >= 4 is 19.2 Å². The molecule has 1 fully saturated rings. The molecule has 1 heterocycles. The molecule has 146 valence electrons. The molecule has 29 heavy (non-hydrogen) atoms. The Hall–Kier alpha value is -2.85. The summed E-state index contributed by atoms with van der Waals surface area (Å²) < 4.78 is 0. The molecule has 2 N–H and O–H groups in total. The van der Waals surface area contributed by atoms with E-state index in [1.807, 2.05) is 35.2 Å². The Labute approximate surface area is 174 Å². The fourth-order valence-electron chi connectivity index (χ4n) is 4.29. The minimum atomic E-state index is 0.134. The standard InChI is InChI=1S/C25H27BN2O/c26-24-10-2-1-9-23(24)21-7-4-8-22(16-21)25(29)28-13-11-19(12-14-28)20-6-3-5-18(15-20)17-27/h1-10,15-16,19H,11-14,17,26-27H2. The van der Waals surface area contributed by atoms with Gasteiger partial charge in [0, 0.05) is 25.2 Å². The van der Waals surface area contributed by atoms with E-state index in [2.05, 4.69) is 50.3 Å². The van der Waals surface area contributed by atoms with Gasteiger partial charge in [0.2, 0.25) is 0 Å². The van der Waals surface area contributed by atoms with Crippen molar-refractivity contribution in [1.29, 1.82) is 0 Å². The summed E-state index contributed by atoms with van der Waals surface area (Å²) in [6.45, 7) is 2.16. The number of benzene rings is 3. The van der Waals surface area contributed by atoms with Crippen molar-refractivity contribution in [2.75, 3.05) is 13.1 Å². The van der Waals surface area contributed by atoms with Gasteiger partial charge in [-0.1, -0.05) is 66.1 Å². The van der Waals surface area contributed by atoms with Crippen molar-refractivity contribution < 1.29 is 4.79 Å². The van der Waals surface area contributed by atoms with Crippen LogP contribution in [0, 0.1) is 0 Å². The predicted molar refractivity (Wildman–Crippen MR) is 122 cm³/mol. The fraction of sp³-hybridized carbons (Fsp3) is 0.240. The molecule has 3 nitrogen and oxygen atoms in total. The highest BCUT2D eigenvalue weighted by Crippen LogP contribution is 2.29. The van der Waals surface area contributed by atoms with Gasteiger partial charge < -0.3 is 10.6 Å². The number of hydrogen-bond acceptors (Lipinski definition) is 2. The van der Waals surface area contributed by atoms with Crippen LogP contribution in [0.15, 0.2) is 72.8 Å². The number of piperidine rings is 1. The van der Waals surface area contributed by atoms with Gasteiger partial charge in [0.05, 0.1) is 0 Å². The molecule has 0 aromatic heterocycles. The van der Waals surface area contributed by atoms with Crippen LogP contribution in [0.4, 0.5) is 0 Å². The number of carbonyl (C=O) groups is 1. The minimum Gasteiger partial charge on any atom is -0.339 e. The Bertz CT molecular complexity index is 1010. The van der Waals surface area contributed by atoms with Crippen LogP contribution in [0.25, 0.3) is 11.1 Å². The summed E-state index contributed by atoms with van der Waals surface area (Å²) in [5, 5.41) is 0. The SMILES string of the molecule is Bc1ccccc1-c1cccc(C(=O)N2CCC(c3cccc(CN)c3)CC2)c1. The molecule has 3 aromatic carbocycles. The molecule has 1 aliphatic heterocycles. The molecule has 1 amide bonds. The summed E-state index contributed by atoms with van der Waals surface area (Å²) in [6, 6.07) is 24.9. The van der Waals surface area contributed by atoms with Crippen molar-refractivity contribution in [2.24, 2.45) is 5.73 Å². The highest BCUT2D eigenvalue weighted by atomic mass is 16.2. The summed E-state index contributed by atoms with van der Waals surface area (Å²) in [7, 11) is 2.11. The molecule has 0 unspecified atom stereocenters. The first-order valence-corrected chi connectivity index (χ1v) is 10.4. The Morgan fingerprint density at radius 1 is 0.966 bits per heavy atom. The Kier molecular flexibility index (Phi) is 5.82. The van der Waals surface area contributed by atoms with Crippen molar-refractivity contribution in [3.63, 3.8) is 0 Å². The number of rotatable bonds is 4. The lowest BCUT2D eigenvalue weighted by Crippen LogP contribution is -2.37. The maximum absolute atomic E-state index is 13.1. The normalized spacial score (nSPS) is 14.7. The molecular formula is C25H27BN2O. The molecule has 4 rings (SSSR count). The maximum atomic E-state index is 13.1. The average molecular weight is 382 g/mol. The van der Waals surface area contributed by atoms with E-state index in [1.165, 1.54) is 22.2 Å². The molecule has 1 saturated heterocycles. The zero-order valence-corrected chi connectivity index (χ0v) is 17.0. The first-order valence-electron chi connectivity index (χ1n) is 10.4. The number of hydrogen-bond donors (Lipinski definition) is 1. The quantitative estimate of drug-likeness (QED) is 0.705. The third kappa shape index (κ3) is 4.28. The summed E-state index contributed by atoms with van der Waals surface area (Å²) >= 11 is 0. The lowest BCUT2D eigenvalue weighted by molar-refractivity contribution is 0.0713. The van der Waals surface area contributed by atoms with Gasteiger partial charge in [0.1, 0.15) is 7.85 Å². The zero-order chi connectivity index (χ0) is 20.2. The van der Waals surface area contributed by atoms with Gasteiger partial charge in [-0.05, 0) is 53.1 Å². The third-order valence-corrected chi connectivity index (χ3v) is 6.01. The van der Waals surface area contributed by atoms with Crippen LogP contribution in [0.3, 0.4) is 0 Å². The van der Waals surface area contributed by atoms with Gasteiger partial charge >= 0.3 is 0 Å². The molecule has 1 aliphatic rings. The first kappa shape index (κ1) is 19.5. The molecule has 0 aliphatic carbocycles. The average Bonchev–Trinajstić information content (AvgIpc) is 2.79. The molecule has 0 spiro atoms. The number of nitrogens with two attached hydrogens (primary N) is 1. The molecule has 3 aromatic rings. The van der Waals surface area contributed by atoms with Gasteiger partial charge in [-0.3, -0.25) is 4.79 Å². The lowest BCUT2D eigenvalue weighted by atomic mass is 9.86. The second-order valence-corrected chi connectivity index (χ2v) is 7.91. The van der Waals surface area contributed by atoms with Crippen molar-refractivity contribution in [1.82, 2.24) is 4.90 Å². The number of carbonyl (C=O) groups excluding carboxylic acids is 1. The predicted octanol–water partition coefficient (Wildman–Crippen LogP) is 3.09. The summed E-state index contributed by atoms with van der Waals surface area (Å²) in [5.41, 5.74) is 12.6. The minimum absolute atomic E-state index is 0.134. The van der Waals surface area contributed by atoms with Crippen LogP contribution in [0.2, 0.25) is 0 Å². The van der Waals surface area contributed by atoms with Crippen molar-refractivity contribution in [2.45, 2.75) is 25.3 Å². The van der Waals surface area contributed by atoms with Gasteiger partial charge in [-0.2, -0.15) is 0 Å². The monoisotopic (exact) mass is 382 g/mol. The van der Waals surface area contributed by atoms with Crippen LogP contribution < -0.4 is 11.2 Å². The van der Waals surface area contributed by atoms with Crippen molar-refractivity contribution in [3.05, 3.63) is 89.5 Å². The van der Waals surface area contributed by atoms with E-state index < -0.39 is 0 Å². The maximum Gasteiger partial charge on any atom is 0.253 e. The van der Waals surface area contributed by atoms with Crippen LogP contribution in [0.5, 0.6) is 0 Å². The second kappa shape index (κ2) is 8.67. The zero-order valence-electron chi connectivity index (χ0n) is 17.0. The molecular weight excluding hydrogens is 355 g/mol.